The Labute approximate surface area is 119 Å². The smallest absolute Gasteiger partial charge is 0.303 e. The molecule has 1 aliphatic carbocycles. The van der Waals surface area contributed by atoms with Crippen molar-refractivity contribution in [1.29, 1.82) is 0 Å². The maximum atomic E-state index is 11.9. The van der Waals surface area contributed by atoms with Crippen LogP contribution in [0.5, 0.6) is 0 Å². The Bertz CT molecular complexity index is 364. The average Bonchev–Trinajstić information content (AvgIpc) is 2.90. The summed E-state index contributed by atoms with van der Waals surface area (Å²) in [5, 5.41) is 14.0. The van der Waals surface area contributed by atoms with Gasteiger partial charge < -0.3 is 15.7 Å². The highest BCUT2D eigenvalue weighted by Crippen LogP contribution is 2.24. The van der Waals surface area contributed by atoms with Crippen LogP contribution in [0.1, 0.15) is 52.4 Å². The summed E-state index contributed by atoms with van der Waals surface area (Å²) in [5.74, 6) is -1.17. The third kappa shape index (κ3) is 5.59. The molecule has 1 saturated carbocycles. The van der Waals surface area contributed by atoms with Gasteiger partial charge in [0.25, 0.3) is 0 Å². The minimum atomic E-state index is -0.881. The summed E-state index contributed by atoms with van der Waals surface area (Å²) in [7, 11) is 0. The quantitative estimate of drug-likeness (QED) is 0.651. The highest BCUT2D eigenvalue weighted by atomic mass is 16.4. The van der Waals surface area contributed by atoms with Gasteiger partial charge >= 0.3 is 5.97 Å². The van der Waals surface area contributed by atoms with Crippen LogP contribution in [-0.2, 0) is 14.4 Å². The van der Waals surface area contributed by atoms with Crippen molar-refractivity contribution in [3.63, 3.8) is 0 Å². The number of amides is 2. The molecule has 1 rings (SSSR count). The van der Waals surface area contributed by atoms with E-state index >= 15 is 0 Å². The first-order chi connectivity index (χ1) is 9.40. The fourth-order valence-corrected chi connectivity index (χ4v) is 2.36. The topological polar surface area (TPSA) is 95.5 Å². The van der Waals surface area contributed by atoms with Gasteiger partial charge in [0.1, 0.15) is 6.04 Å². The predicted octanol–water partition coefficient (Wildman–Crippen LogP) is 1.05. The van der Waals surface area contributed by atoms with Crippen molar-refractivity contribution in [2.24, 2.45) is 5.92 Å². The second kappa shape index (κ2) is 7.87. The highest BCUT2D eigenvalue weighted by molar-refractivity contribution is 5.88. The molecule has 0 bridgehead atoms. The first-order valence-corrected chi connectivity index (χ1v) is 7.22. The van der Waals surface area contributed by atoms with Gasteiger partial charge in [-0.1, -0.05) is 12.8 Å². The lowest BCUT2D eigenvalue weighted by Gasteiger charge is -2.19. The number of hydrogen-bond acceptors (Lipinski definition) is 3. The van der Waals surface area contributed by atoms with E-state index < -0.39 is 12.0 Å². The number of aliphatic carboxylic acids is 1. The minimum absolute atomic E-state index is 0.0181. The average molecular weight is 284 g/mol. The second-order valence-corrected chi connectivity index (χ2v) is 5.55. The molecule has 6 heteroatoms. The number of carboxylic acid groups (broad SMARTS) is 1. The summed E-state index contributed by atoms with van der Waals surface area (Å²) in [6.07, 6.45) is 4.34. The van der Waals surface area contributed by atoms with Crippen LogP contribution in [0.2, 0.25) is 0 Å². The van der Waals surface area contributed by atoms with Crippen LogP contribution in [0.25, 0.3) is 0 Å². The maximum absolute atomic E-state index is 11.9. The Morgan fingerprint density at radius 3 is 2.30 bits per heavy atom. The molecular formula is C14H24N2O4. The maximum Gasteiger partial charge on any atom is 0.303 e. The van der Waals surface area contributed by atoms with Crippen molar-refractivity contribution in [2.75, 3.05) is 0 Å². The summed E-state index contributed by atoms with van der Waals surface area (Å²) in [6.45, 7) is 3.40. The van der Waals surface area contributed by atoms with Gasteiger partial charge in [0.2, 0.25) is 11.8 Å². The van der Waals surface area contributed by atoms with Crippen LogP contribution in [0.15, 0.2) is 0 Å². The number of carbonyl (C=O) groups excluding carboxylic acids is 2. The van der Waals surface area contributed by atoms with Gasteiger partial charge in [-0.05, 0) is 33.1 Å². The normalized spacial score (nSPS) is 18.3. The van der Waals surface area contributed by atoms with Gasteiger partial charge in [0.05, 0.1) is 0 Å². The third-order valence-electron chi connectivity index (χ3n) is 3.66. The lowest BCUT2D eigenvalue weighted by molar-refractivity contribution is -0.137. The molecule has 2 atom stereocenters. The Morgan fingerprint density at radius 2 is 1.75 bits per heavy atom. The number of carboxylic acids is 1. The first kappa shape index (κ1) is 16.5. The van der Waals surface area contributed by atoms with E-state index in [4.69, 9.17) is 5.11 Å². The zero-order valence-corrected chi connectivity index (χ0v) is 12.1. The lowest BCUT2D eigenvalue weighted by Crippen LogP contribution is -2.48. The molecule has 0 radical (unpaired) electrons. The molecule has 3 N–H and O–H groups in total. The van der Waals surface area contributed by atoms with E-state index in [0.29, 0.717) is 6.42 Å². The van der Waals surface area contributed by atoms with Gasteiger partial charge in [-0.3, -0.25) is 14.4 Å². The fraction of sp³-hybridized carbons (Fsp3) is 0.786. The SMILES string of the molecule is CC(CCC(=O)O)NC(=O)C(C)NC(=O)C1CCCC1. The van der Waals surface area contributed by atoms with E-state index in [2.05, 4.69) is 10.6 Å². The Balaban J connectivity index is 2.30. The molecule has 0 aliphatic heterocycles. The first-order valence-electron chi connectivity index (χ1n) is 7.22. The van der Waals surface area contributed by atoms with Gasteiger partial charge in [-0.2, -0.15) is 0 Å². The third-order valence-corrected chi connectivity index (χ3v) is 3.66. The number of nitrogens with one attached hydrogen (secondary N) is 2. The molecule has 20 heavy (non-hydrogen) atoms. The molecule has 114 valence electrons. The number of hydrogen-bond donors (Lipinski definition) is 3. The fourth-order valence-electron chi connectivity index (χ4n) is 2.36. The summed E-state index contributed by atoms with van der Waals surface area (Å²) in [4.78, 5) is 34.2. The Hall–Kier alpha value is -1.59. The zero-order valence-electron chi connectivity index (χ0n) is 12.1. The molecule has 0 saturated heterocycles. The Kier molecular flexibility index (Phi) is 6.48. The van der Waals surface area contributed by atoms with Crippen molar-refractivity contribution in [1.82, 2.24) is 10.6 Å². The van der Waals surface area contributed by atoms with Crippen LogP contribution in [0.4, 0.5) is 0 Å². The van der Waals surface area contributed by atoms with E-state index in [1.165, 1.54) is 0 Å². The van der Waals surface area contributed by atoms with Crippen molar-refractivity contribution in [2.45, 2.75) is 64.5 Å². The van der Waals surface area contributed by atoms with Crippen LogP contribution in [0.3, 0.4) is 0 Å². The van der Waals surface area contributed by atoms with E-state index in [1.807, 2.05) is 0 Å². The van der Waals surface area contributed by atoms with Crippen LogP contribution < -0.4 is 10.6 Å². The molecule has 2 amide bonds. The van der Waals surface area contributed by atoms with E-state index in [-0.39, 0.29) is 30.2 Å². The van der Waals surface area contributed by atoms with E-state index in [1.54, 1.807) is 13.8 Å². The number of carbonyl (C=O) groups is 3. The summed E-state index contributed by atoms with van der Waals surface area (Å²) < 4.78 is 0. The second-order valence-electron chi connectivity index (χ2n) is 5.55. The summed E-state index contributed by atoms with van der Waals surface area (Å²) in [5.41, 5.74) is 0. The van der Waals surface area contributed by atoms with Crippen LogP contribution in [-0.4, -0.2) is 35.0 Å². The summed E-state index contributed by atoms with van der Waals surface area (Å²) in [6, 6.07) is -0.806. The molecular weight excluding hydrogens is 260 g/mol. The molecule has 6 nitrogen and oxygen atoms in total. The van der Waals surface area contributed by atoms with Gasteiger partial charge in [-0.25, -0.2) is 0 Å². The largest absolute Gasteiger partial charge is 0.481 e. The molecule has 0 spiro atoms. The monoisotopic (exact) mass is 284 g/mol. The van der Waals surface area contributed by atoms with Gasteiger partial charge in [0.15, 0.2) is 0 Å². The standard InChI is InChI=1S/C14H24N2O4/c1-9(7-8-12(17)18)15-13(19)10(2)16-14(20)11-5-3-4-6-11/h9-11H,3-8H2,1-2H3,(H,15,19)(H,16,20)(H,17,18). The molecule has 1 fully saturated rings. The Morgan fingerprint density at radius 1 is 1.15 bits per heavy atom. The van der Waals surface area contributed by atoms with E-state index in [0.717, 1.165) is 25.7 Å². The molecule has 2 unspecified atom stereocenters. The highest BCUT2D eigenvalue weighted by Gasteiger charge is 2.25. The molecule has 0 heterocycles. The van der Waals surface area contributed by atoms with Gasteiger partial charge in [-0.15, -0.1) is 0 Å². The van der Waals surface area contributed by atoms with Crippen molar-refractivity contribution >= 4 is 17.8 Å². The molecule has 0 aromatic rings. The van der Waals surface area contributed by atoms with Crippen LogP contribution >= 0.6 is 0 Å². The number of rotatable bonds is 7. The predicted molar refractivity (Wildman–Crippen MR) is 74.0 cm³/mol. The summed E-state index contributed by atoms with van der Waals surface area (Å²) >= 11 is 0. The van der Waals surface area contributed by atoms with Crippen molar-refractivity contribution < 1.29 is 19.5 Å². The van der Waals surface area contributed by atoms with Crippen molar-refractivity contribution in [3.05, 3.63) is 0 Å². The van der Waals surface area contributed by atoms with Gasteiger partial charge in [0, 0.05) is 18.4 Å². The lowest BCUT2D eigenvalue weighted by atomic mass is 10.1. The van der Waals surface area contributed by atoms with Crippen molar-refractivity contribution in [3.8, 4) is 0 Å². The minimum Gasteiger partial charge on any atom is -0.481 e. The molecule has 0 aromatic heterocycles. The van der Waals surface area contributed by atoms with Crippen LogP contribution in [0, 0.1) is 5.92 Å². The molecule has 0 aromatic carbocycles. The zero-order chi connectivity index (χ0) is 15.1. The van der Waals surface area contributed by atoms with E-state index in [9.17, 15) is 14.4 Å². The molecule has 1 aliphatic rings.